The van der Waals surface area contributed by atoms with Gasteiger partial charge in [0.2, 0.25) is 0 Å². The number of nitrogens with one attached hydrogen (secondary N) is 1. The standard InChI is InChI=1S/C16H17N3O/c1-10-6-11(2)16(15(7-10)20-3)19-14-8-12(9-17)4-5-13(14)18/h4-8,19H,18H2,1-3H3. The molecule has 20 heavy (non-hydrogen) atoms. The fourth-order valence-electron chi connectivity index (χ4n) is 2.12. The van der Waals surface area contributed by atoms with E-state index in [4.69, 9.17) is 15.7 Å². The first kappa shape index (κ1) is 13.8. The van der Waals surface area contributed by atoms with Crippen LogP contribution in [-0.4, -0.2) is 7.11 Å². The second kappa shape index (κ2) is 5.54. The number of nitriles is 1. The van der Waals surface area contributed by atoms with E-state index in [0.29, 0.717) is 16.9 Å². The van der Waals surface area contributed by atoms with E-state index < -0.39 is 0 Å². The zero-order valence-electron chi connectivity index (χ0n) is 11.8. The fraction of sp³-hybridized carbons (Fsp3) is 0.188. The molecule has 0 aliphatic rings. The molecule has 2 aromatic rings. The summed E-state index contributed by atoms with van der Waals surface area (Å²) in [6, 6.07) is 11.3. The molecule has 0 unspecified atom stereocenters. The van der Waals surface area contributed by atoms with Crippen molar-refractivity contribution in [3.05, 3.63) is 47.0 Å². The minimum absolute atomic E-state index is 0.561. The average Bonchev–Trinajstić information content (AvgIpc) is 2.43. The molecule has 0 saturated carbocycles. The number of aryl methyl sites for hydroxylation is 2. The number of hydrogen-bond acceptors (Lipinski definition) is 4. The second-order valence-corrected chi connectivity index (χ2v) is 4.70. The molecule has 0 radical (unpaired) electrons. The number of nitrogens with two attached hydrogens (primary N) is 1. The second-order valence-electron chi connectivity index (χ2n) is 4.70. The van der Waals surface area contributed by atoms with Gasteiger partial charge in [0, 0.05) is 0 Å². The highest BCUT2D eigenvalue weighted by atomic mass is 16.5. The molecular weight excluding hydrogens is 250 g/mol. The summed E-state index contributed by atoms with van der Waals surface area (Å²) in [5.74, 6) is 0.754. The first-order chi connectivity index (χ1) is 9.55. The third kappa shape index (κ3) is 2.67. The molecular formula is C16H17N3O. The van der Waals surface area contributed by atoms with Crippen LogP contribution in [0.3, 0.4) is 0 Å². The van der Waals surface area contributed by atoms with E-state index in [0.717, 1.165) is 22.6 Å². The molecule has 2 rings (SSSR count). The van der Waals surface area contributed by atoms with Gasteiger partial charge in [0.05, 0.1) is 35.8 Å². The van der Waals surface area contributed by atoms with E-state index in [1.165, 1.54) is 0 Å². The SMILES string of the molecule is COc1cc(C)cc(C)c1Nc1cc(C#N)ccc1N. The molecule has 0 amide bonds. The summed E-state index contributed by atoms with van der Waals surface area (Å²) in [4.78, 5) is 0. The summed E-state index contributed by atoms with van der Waals surface area (Å²) in [5, 5.41) is 12.2. The van der Waals surface area contributed by atoms with Gasteiger partial charge >= 0.3 is 0 Å². The van der Waals surface area contributed by atoms with Crippen molar-refractivity contribution in [1.29, 1.82) is 5.26 Å². The van der Waals surface area contributed by atoms with Crippen LogP contribution in [0.2, 0.25) is 0 Å². The van der Waals surface area contributed by atoms with Gasteiger partial charge in [0.25, 0.3) is 0 Å². The number of anilines is 3. The Labute approximate surface area is 118 Å². The normalized spacial score (nSPS) is 9.90. The lowest BCUT2D eigenvalue weighted by molar-refractivity contribution is 0.416. The molecule has 4 nitrogen and oxygen atoms in total. The predicted octanol–water partition coefficient (Wildman–Crippen LogP) is 3.51. The Kier molecular flexibility index (Phi) is 3.81. The molecule has 0 aliphatic carbocycles. The summed E-state index contributed by atoms with van der Waals surface area (Å²) in [6.45, 7) is 4.02. The molecule has 0 aliphatic heterocycles. The van der Waals surface area contributed by atoms with Gasteiger partial charge in [-0.05, 0) is 49.2 Å². The highest BCUT2D eigenvalue weighted by molar-refractivity contribution is 5.78. The number of rotatable bonds is 3. The van der Waals surface area contributed by atoms with Gasteiger partial charge in [-0.2, -0.15) is 5.26 Å². The summed E-state index contributed by atoms with van der Waals surface area (Å²) in [5.41, 5.74) is 10.9. The molecule has 102 valence electrons. The number of hydrogen-bond donors (Lipinski definition) is 2. The number of methoxy groups -OCH3 is 1. The lowest BCUT2D eigenvalue weighted by Crippen LogP contribution is -2.01. The smallest absolute Gasteiger partial charge is 0.142 e. The fourth-order valence-corrected chi connectivity index (χ4v) is 2.12. The first-order valence-electron chi connectivity index (χ1n) is 6.27. The van der Waals surface area contributed by atoms with Crippen LogP contribution >= 0.6 is 0 Å². The molecule has 0 aromatic heterocycles. The van der Waals surface area contributed by atoms with Crippen molar-refractivity contribution in [1.82, 2.24) is 0 Å². The van der Waals surface area contributed by atoms with E-state index in [-0.39, 0.29) is 0 Å². The Morgan fingerprint density at radius 3 is 2.60 bits per heavy atom. The van der Waals surface area contributed by atoms with Crippen molar-refractivity contribution in [3.8, 4) is 11.8 Å². The summed E-state index contributed by atoms with van der Waals surface area (Å²) in [7, 11) is 1.63. The first-order valence-corrected chi connectivity index (χ1v) is 6.27. The van der Waals surface area contributed by atoms with Crippen LogP contribution in [0.15, 0.2) is 30.3 Å². The van der Waals surface area contributed by atoms with Gasteiger partial charge in [0.15, 0.2) is 0 Å². The van der Waals surface area contributed by atoms with Crippen molar-refractivity contribution in [3.63, 3.8) is 0 Å². The van der Waals surface area contributed by atoms with E-state index in [2.05, 4.69) is 17.5 Å². The molecule has 0 bridgehead atoms. The summed E-state index contributed by atoms with van der Waals surface area (Å²) < 4.78 is 5.41. The summed E-state index contributed by atoms with van der Waals surface area (Å²) >= 11 is 0. The number of benzene rings is 2. The Morgan fingerprint density at radius 2 is 1.95 bits per heavy atom. The molecule has 3 N–H and O–H groups in total. The molecule has 0 spiro atoms. The van der Waals surface area contributed by atoms with Crippen LogP contribution in [0.1, 0.15) is 16.7 Å². The van der Waals surface area contributed by atoms with Crippen LogP contribution in [-0.2, 0) is 0 Å². The van der Waals surface area contributed by atoms with Crippen molar-refractivity contribution < 1.29 is 4.74 Å². The minimum Gasteiger partial charge on any atom is -0.495 e. The highest BCUT2D eigenvalue weighted by Crippen LogP contribution is 2.34. The molecule has 0 fully saturated rings. The zero-order chi connectivity index (χ0) is 14.7. The molecule has 4 heteroatoms. The molecule has 2 aromatic carbocycles. The Bertz CT molecular complexity index is 687. The number of nitrogens with zero attached hydrogens (tertiary/aromatic N) is 1. The summed E-state index contributed by atoms with van der Waals surface area (Å²) in [6.07, 6.45) is 0. The van der Waals surface area contributed by atoms with Crippen LogP contribution in [0.25, 0.3) is 0 Å². The minimum atomic E-state index is 0.561. The number of nitrogen functional groups attached to an aromatic ring is 1. The van der Waals surface area contributed by atoms with E-state index in [1.54, 1.807) is 25.3 Å². The van der Waals surface area contributed by atoms with Crippen molar-refractivity contribution in [2.24, 2.45) is 0 Å². The van der Waals surface area contributed by atoms with Crippen LogP contribution in [0.4, 0.5) is 17.1 Å². The van der Waals surface area contributed by atoms with E-state index in [1.807, 2.05) is 19.9 Å². The van der Waals surface area contributed by atoms with Crippen molar-refractivity contribution in [2.45, 2.75) is 13.8 Å². The zero-order valence-corrected chi connectivity index (χ0v) is 11.8. The Hall–Kier alpha value is -2.67. The van der Waals surface area contributed by atoms with Crippen LogP contribution in [0.5, 0.6) is 5.75 Å². The van der Waals surface area contributed by atoms with Gasteiger partial charge in [-0.15, -0.1) is 0 Å². The Balaban J connectivity index is 2.47. The topological polar surface area (TPSA) is 71.1 Å². The van der Waals surface area contributed by atoms with Gasteiger partial charge in [0.1, 0.15) is 5.75 Å². The third-order valence-corrected chi connectivity index (χ3v) is 3.11. The van der Waals surface area contributed by atoms with E-state index in [9.17, 15) is 0 Å². The van der Waals surface area contributed by atoms with Gasteiger partial charge in [-0.1, -0.05) is 6.07 Å². The quantitative estimate of drug-likeness (QED) is 0.835. The molecule has 0 saturated heterocycles. The average molecular weight is 267 g/mol. The third-order valence-electron chi connectivity index (χ3n) is 3.11. The lowest BCUT2D eigenvalue weighted by atomic mass is 10.1. The van der Waals surface area contributed by atoms with Crippen molar-refractivity contribution in [2.75, 3.05) is 18.2 Å². The van der Waals surface area contributed by atoms with Crippen molar-refractivity contribution >= 4 is 17.1 Å². The van der Waals surface area contributed by atoms with Gasteiger partial charge < -0.3 is 15.8 Å². The maximum atomic E-state index is 8.97. The Morgan fingerprint density at radius 1 is 1.20 bits per heavy atom. The monoisotopic (exact) mass is 267 g/mol. The maximum absolute atomic E-state index is 8.97. The van der Waals surface area contributed by atoms with Gasteiger partial charge in [-0.25, -0.2) is 0 Å². The van der Waals surface area contributed by atoms with Crippen LogP contribution < -0.4 is 15.8 Å². The largest absolute Gasteiger partial charge is 0.495 e. The van der Waals surface area contributed by atoms with E-state index >= 15 is 0 Å². The van der Waals surface area contributed by atoms with Crippen LogP contribution in [0, 0.1) is 25.2 Å². The number of ether oxygens (including phenoxy) is 1. The molecule has 0 atom stereocenters. The maximum Gasteiger partial charge on any atom is 0.142 e. The highest BCUT2D eigenvalue weighted by Gasteiger charge is 2.10. The van der Waals surface area contributed by atoms with Gasteiger partial charge in [-0.3, -0.25) is 0 Å². The lowest BCUT2D eigenvalue weighted by Gasteiger charge is -2.16. The molecule has 0 heterocycles. The predicted molar refractivity (Wildman–Crippen MR) is 81.3 cm³/mol.